The predicted molar refractivity (Wildman–Crippen MR) is 92.1 cm³/mol. The van der Waals surface area contributed by atoms with E-state index in [1.54, 1.807) is 0 Å². The van der Waals surface area contributed by atoms with E-state index in [2.05, 4.69) is 43.3 Å². The maximum Gasteiger partial charge on any atom is 0.252 e. The van der Waals surface area contributed by atoms with E-state index >= 15 is 0 Å². The maximum absolute atomic E-state index is 11.8. The summed E-state index contributed by atoms with van der Waals surface area (Å²) in [5.74, 6) is 1.05. The lowest BCUT2D eigenvalue weighted by Crippen LogP contribution is -2.11. The second-order valence-corrected chi connectivity index (χ2v) is 6.54. The standard InChI is InChI=1S/C16H17BrN4O/c1-10-2-7-13(8-10)20-21-16-18-14(9-15(22)19-16)11-3-5-12(17)6-4-11/h3-6,9-10H,2,7-8H2,1H3,(H2,18,19,21,22)/b20-13-. The lowest BCUT2D eigenvalue weighted by Gasteiger charge is -2.05. The normalized spacial score (nSPS) is 19.5. The number of H-pyrrole nitrogens is 1. The Hall–Kier alpha value is -1.95. The summed E-state index contributed by atoms with van der Waals surface area (Å²) in [6.07, 6.45) is 3.18. The number of halogens is 1. The Morgan fingerprint density at radius 2 is 2.14 bits per heavy atom. The minimum absolute atomic E-state index is 0.199. The van der Waals surface area contributed by atoms with Crippen LogP contribution in [0.2, 0.25) is 0 Å². The first-order chi connectivity index (χ1) is 10.6. The van der Waals surface area contributed by atoms with E-state index < -0.39 is 0 Å². The van der Waals surface area contributed by atoms with Crippen molar-refractivity contribution in [2.45, 2.75) is 26.2 Å². The molecule has 1 heterocycles. The minimum atomic E-state index is -0.199. The van der Waals surface area contributed by atoms with Crippen molar-refractivity contribution < 1.29 is 0 Å². The molecule has 6 heteroatoms. The number of aromatic nitrogens is 2. The average molecular weight is 361 g/mol. The van der Waals surface area contributed by atoms with Gasteiger partial charge in [0.2, 0.25) is 5.95 Å². The van der Waals surface area contributed by atoms with Gasteiger partial charge >= 0.3 is 0 Å². The molecule has 2 aromatic rings. The van der Waals surface area contributed by atoms with Crippen LogP contribution in [0.5, 0.6) is 0 Å². The van der Waals surface area contributed by atoms with Crippen LogP contribution in [0.15, 0.2) is 44.7 Å². The molecule has 2 N–H and O–H groups in total. The average Bonchev–Trinajstić information content (AvgIpc) is 2.91. The molecule has 0 spiro atoms. The first-order valence-corrected chi connectivity index (χ1v) is 8.08. The Morgan fingerprint density at radius 3 is 2.82 bits per heavy atom. The van der Waals surface area contributed by atoms with Crippen LogP contribution in [-0.4, -0.2) is 15.7 Å². The van der Waals surface area contributed by atoms with Gasteiger partial charge in [0.15, 0.2) is 0 Å². The molecule has 0 saturated heterocycles. The highest BCUT2D eigenvalue weighted by atomic mass is 79.9. The SMILES string of the molecule is CC1CC/C(=N/Nc2nc(-c3ccc(Br)cc3)cc(=O)[nH]2)C1. The summed E-state index contributed by atoms with van der Waals surface area (Å²) >= 11 is 3.40. The van der Waals surface area contributed by atoms with Gasteiger partial charge < -0.3 is 0 Å². The number of rotatable bonds is 3. The number of hydrogen-bond donors (Lipinski definition) is 2. The maximum atomic E-state index is 11.8. The quantitative estimate of drug-likeness (QED) is 0.818. The highest BCUT2D eigenvalue weighted by molar-refractivity contribution is 9.10. The van der Waals surface area contributed by atoms with Crippen LogP contribution in [-0.2, 0) is 0 Å². The number of nitrogens with zero attached hydrogens (tertiary/aromatic N) is 2. The fourth-order valence-corrected chi connectivity index (χ4v) is 2.80. The first kappa shape index (κ1) is 15.0. The van der Waals surface area contributed by atoms with Crippen molar-refractivity contribution in [3.8, 4) is 11.3 Å². The zero-order valence-electron chi connectivity index (χ0n) is 12.3. The van der Waals surface area contributed by atoms with E-state index in [1.807, 2.05) is 24.3 Å². The molecular formula is C16H17BrN4O. The summed E-state index contributed by atoms with van der Waals surface area (Å²) in [6.45, 7) is 2.22. The molecule has 1 aliphatic rings. The second kappa shape index (κ2) is 6.44. The summed E-state index contributed by atoms with van der Waals surface area (Å²) in [5, 5.41) is 4.36. The summed E-state index contributed by atoms with van der Waals surface area (Å²) in [7, 11) is 0. The van der Waals surface area contributed by atoms with Crippen molar-refractivity contribution in [3.05, 3.63) is 45.2 Å². The number of hydrazone groups is 1. The molecule has 0 radical (unpaired) electrons. The Labute approximate surface area is 137 Å². The molecule has 1 saturated carbocycles. The van der Waals surface area contributed by atoms with Crippen molar-refractivity contribution >= 4 is 27.6 Å². The lowest BCUT2D eigenvalue weighted by atomic mass is 10.1. The van der Waals surface area contributed by atoms with Crippen molar-refractivity contribution in [1.29, 1.82) is 0 Å². The zero-order valence-corrected chi connectivity index (χ0v) is 13.9. The second-order valence-electron chi connectivity index (χ2n) is 5.62. The van der Waals surface area contributed by atoms with Gasteiger partial charge in [-0.25, -0.2) is 10.4 Å². The Bertz CT molecular complexity index is 751. The van der Waals surface area contributed by atoms with Gasteiger partial charge in [0.1, 0.15) is 0 Å². The van der Waals surface area contributed by atoms with Crippen LogP contribution in [0.3, 0.4) is 0 Å². The van der Waals surface area contributed by atoms with Crippen LogP contribution < -0.4 is 11.0 Å². The summed E-state index contributed by atoms with van der Waals surface area (Å²) in [5.41, 5.74) is 5.32. The van der Waals surface area contributed by atoms with Crippen molar-refractivity contribution in [2.24, 2.45) is 11.0 Å². The van der Waals surface area contributed by atoms with E-state index in [4.69, 9.17) is 0 Å². The third-order valence-corrected chi connectivity index (χ3v) is 4.24. The van der Waals surface area contributed by atoms with Crippen molar-refractivity contribution in [3.63, 3.8) is 0 Å². The van der Waals surface area contributed by atoms with Crippen LogP contribution in [0, 0.1) is 5.92 Å². The monoisotopic (exact) mass is 360 g/mol. The van der Waals surface area contributed by atoms with Gasteiger partial charge in [-0.2, -0.15) is 5.10 Å². The molecule has 1 aromatic carbocycles. The smallest absolute Gasteiger partial charge is 0.252 e. The summed E-state index contributed by atoms with van der Waals surface area (Å²) in [6, 6.07) is 9.16. The Kier molecular flexibility index (Phi) is 4.38. The number of benzene rings is 1. The van der Waals surface area contributed by atoms with E-state index in [-0.39, 0.29) is 5.56 Å². The van der Waals surface area contributed by atoms with Gasteiger partial charge in [0, 0.05) is 21.8 Å². The molecule has 1 unspecified atom stereocenters. The highest BCUT2D eigenvalue weighted by Crippen LogP contribution is 2.22. The lowest BCUT2D eigenvalue weighted by molar-refractivity contribution is 0.623. The number of nitrogens with one attached hydrogen (secondary N) is 2. The van der Waals surface area contributed by atoms with Crippen LogP contribution in [0.25, 0.3) is 11.3 Å². The third-order valence-electron chi connectivity index (χ3n) is 3.71. The molecule has 22 heavy (non-hydrogen) atoms. The van der Waals surface area contributed by atoms with Gasteiger partial charge in [-0.15, -0.1) is 0 Å². The Balaban J connectivity index is 1.84. The number of aromatic amines is 1. The highest BCUT2D eigenvalue weighted by Gasteiger charge is 2.16. The Morgan fingerprint density at radius 1 is 1.36 bits per heavy atom. The summed E-state index contributed by atoms with van der Waals surface area (Å²) < 4.78 is 0.987. The predicted octanol–water partition coefficient (Wildman–Crippen LogP) is 3.79. The van der Waals surface area contributed by atoms with E-state index in [0.717, 1.165) is 28.6 Å². The largest absolute Gasteiger partial charge is 0.291 e. The number of hydrogen-bond acceptors (Lipinski definition) is 4. The fraction of sp³-hybridized carbons (Fsp3) is 0.312. The van der Waals surface area contributed by atoms with Crippen LogP contribution >= 0.6 is 15.9 Å². The van der Waals surface area contributed by atoms with E-state index in [9.17, 15) is 4.79 Å². The summed E-state index contributed by atoms with van der Waals surface area (Å²) in [4.78, 5) is 18.9. The molecule has 0 aliphatic heterocycles. The zero-order chi connectivity index (χ0) is 15.5. The van der Waals surface area contributed by atoms with Gasteiger partial charge in [0.25, 0.3) is 5.56 Å². The molecule has 1 aliphatic carbocycles. The molecular weight excluding hydrogens is 344 g/mol. The first-order valence-electron chi connectivity index (χ1n) is 7.29. The number of anilines is 1. The molecule has 1 atom stereocenters. The third kappa shape index (κ3) is 3.62. The van der Waals surface area contributed by atoms with Crippen LogP contribution in [0.4, 0.5) is 5.95 Å². The van der Waals surface area contributed by atoms with Crippen LogP contribution in [0.1, 0.15) is 26.2 Å². The minimum Gasteiger partial charge on any atom is -0.291 e. The fourth-order valence-electron chi connectivity index (χ4n) is 2.53. The van der Waals surface area contributed by atoms with Gasteiger partial charge in [-0.05, 0) is 37.3 Å². The molecule has 0 bridgehead atoms. The molecule has 1 fully saturated rings. The van der Waals surface area contributed by atoms with Crippen molar-refractivity contribution in [2.75, 3.05) is 5.43 Å². The molecule has 3 rings (SSSR count). The molecule has 0 amide bonds. The van der Waals surface area contributed by atoms with E-state index in [0.29, 0.717) is 17.6 Å². The molecule has 5 nitrogen and oxygen atoms in total. The van der Waals surface area contributed by atoms with Gasteiger partial charge in [-0.3, -0.25) is 9.78 Å². The van der Waals surface area contributed by atoms with Gasteiger partial charge in [0.05, 0.1) is 5.69 Å². The van der Waals surface area contributed by atoms with E-state index in [1.165, 1.54) is 12.5 Å². The molecule has 1 aromatic heterocycles. The van der Waals surface area contributed by atoms with Crippen molar-refractivity contribution in [1.82, 2.24) is 9.97 Å². The van der Waals surface area contributed by atoms with Gasteiger partial charge in [-0.1, -0.05) is 35.0 Å². The topological polar surface area (TPSA) is 70.1 Å². The molecule has 114 valence electrons.